The summed E-state index contributed by atoms with van der Waals surface area (Å²) in [6, 6.07) is 5.77. The number of pyridine rings is 1. The zero-order valence-electron chi connectivity index (χ0n) is 26.8. The minimum Gasteiger partial charge on any atom is -0.344 e. The van der Waals surface area contributed by atoms with Crippen LogP contribution in [0.5, 0.6) is 0 Å². The number of halogens is 3. The Morgan fingerprint density at radius 1 is 1.02 bits per heavy atom. The number of carbonyl (C=O) groups is 4. The summed E-state index contributed by atoms with van der Waals surface area (Å²) < 4.78 is 45.7. The highest BCUT2D eigenvalue weighted by atomic mass is 19.3. The van der Waals surface area contributed by atoms with E-state index in [-0.39, 0.29) is 36.3 Å². The van der Waals surface area contributed by atoms with Crippen molar-refractivity contribution in [2.45, 2.75) is 77.2 Å². The molecule has 0 bridgehead atoms. The highest BCUT2D eigenvalue weighted by Gasteiger charge is 2.44. The van der Waals surface area contributed by atoms with Crippen molar-refractivity contribution in [3.63, 3.8) is 0 Å². The first kappa shape index (κ1) is 35.1. The highest BCUT2D eigenvalue weighted by molar-refractivity contribution is 5.97. The molecule has 2 aromatic rings. The van der Waals surface area contributed by atoms with E-state index < -0.39 is 47.4 Å². The van der Waals surface area contributed by atoms with Crippen LogP contribution in [0.15, 0.2) is 36.5 Å². The SMILES string of the molecule is CCC(=O)N[C@H](Cc1ccc(NC(=O)[C@@H](CC(=O)C(F)(F)c2ccc(C)nc2)C2CCCCC2)c(F)c1)C(=O)N1CCN(C)CC1. The minimum absolute atomic E-state index is 0.0458. The van der Waals surface area contributed by atoms with E-state index in [2.05, 4.69) is 20.5 Å². The Kier molecular flexibility index (Phi) is 11.9. The fraction of sp³-hybridized carbons (Fsp3) is 0.559. The maximum Gasteiger partial charge on any atom is 0.331 e. The van der Waals surface area contributed by atoms with E-state index in [9.17, 15) is 19.2 Å². The number of Topliss-reactive ketones (excluding diaryl/α,β-unsaturated/α-hetero) is 1. The molecule has 2 N–H and O–H groups in total. The molecule has 3 amide bonds. The molecule has 0 spiro atoms. The van der Waals surface area contributed by atoms with Crippen LogP contribution in [-0.2, 0) is 31.5 Å². The van der Waals surface area contributed by atoms with Crippen LogP contribution in [0.1, 0.15) is 68.7 Å². The van der Waals surface area contributed by atoms with Gasteiger partial charge in [0.1, 0.15) is 11.9 Å². The van der Waals surface area contributed by atoms with Gasteiger partial charge in [0, 0.05) is 68.8 Å². The molecule has 0 unspecified atom stereocenters. The predicted octanol–water partition coefficient (Wildman–Crippen LogP) is 4.63. The van der Waals surface area contributed by atoms with E-state index in [1.54, 1.807) is 24.8 Å². The number of hydrogen-bond donors (Lipinski definition) is 2. The average molecular weight is 644 g/mol. The van der Waals surface area contributed by atoms with Gasteiger partial charge in [-0.3, -0.25) is 24.2 Å². The third kappa shape index (κ3) is 8.92. The highest BCUT2D eigenvalue weighted by Crippen LogP contribution is 2.37. The number of alkyl halides is 2. The number of ketones is 1. The molecule has 12 heteroatoms. The van der Waals surface area contributed by atoms with Crippen LogP contribution < -0.4 is 10.6 Å². The fourth-order valence-corrected chi connectivity index (χ4v) is 6.14. The number of carbonyl (C=O) groups excluding carboxylic acids is 4. The largest absolute Gasteiger partial charge is 0.344 e. The summed E-state index contributed by atoms with van der Waals surface area (Å²) in [5.41, 5.74) is 0.273. The van der Waals surface area contributed by atoms with Crippen LogP contribution in [0.3, 0.4) is 0 Å². The molecule has 0 radical (unpaired) electrons. The smallest absolute Gasteiger partial charge is 0.331 e. The third-order valence-electron chi connectivity index (χ3n) is 9.09. The van der Waals surface area contributed by atoms with Crippen molar-refractivity contribution < 1.29 is 32.3 Å². The molecule has 1 aliphatic heterocycles. The molecule has 9 nitrogen and oxygen atoms in total. The first-order chi connectivity index (χ1) is 21.9. The lowest BCUT2D eigenvalue weighted by molar-refractivity contribution is -0.147. The van der Waals surface area contributed by atoms with Crippen molar-refractivity contribution in [3.05, 3.63) is 59.2 Å². The molecular formula is C34H44F3N5O4. The van der Waals surface area contributed by atoms with Crippen molar-refractivity contribution in [1.82, 2.24) is 20.1 Å². The van der Waals surface area contributed by atoms with Crippen LogP contribution in [-0.4, -0.2) is 77.6 Å². The van der Waals surface area contributed by atoms with Gasteiger partial charge >= 0.3 is 5.92 Å². The molecule has 1 aromatic heterocycles. The zero-order chi connectivity index (χ0) is 33.4. The van der Waals surface area contributed by atoms with Crippen LogP contribution in [0, 0.1) is 24.6 Å². The van der Waals surface area contributed by atoms with Crippen LogP contribution in [0.4, 0.5) is 18.9 Å². The van der Waals surface area contributed by atoms with Crippen LogP contribution >= 0.6 is 0 Å². The Morgan fingerprint density at radius 2 is 1.72 bits per heavy atom. The molecule has 2 heterocycles. The number of rotatable bonds is 12. The predicted molar refractivity (Wildman–Crippen MR) is 168 cm³/mol. The summed E-state index contributed by atoms with van der Waals surface area (Å²) in [5.74, 6) is -8.58. The Balaban J connectivity index is 1.48. The molecule has 2 aliphatic rings. The number of likely N-dealkylation sites (N-methyl/N-ethyl adjacent to an activating group) is 1. The lowest BCUT2D eigenvalue weighted by atomic mass is 9.76. The standard InChI is InChI=1S/C34H44F3N5O4/c1-4-31(44)39-29(33(46)42-16-14-41(3)15-17-42)19-23-11-13-28(27(35)18-23)40-32(45)26(24-8-6-5-7-9-24)20-30(43)34(36,37)25-12-10-22(2)38-21-25/h10-13,18,21,24,26,29H,4-9,14-17,19-20H2,1-3H3,(H,39,44)(H,40,45)/t26-,29+/m0/s1. The van der Waals surface area contributed by atoms with Gasteiger partial charge in [0.15, 0.2) is 0 Å². The van der Waals surface area contributed by atoms with Crippen LogP contribution in [0.25, 0.3) is 0 Å². The summed E-state index contributed by atoms with van der Waals surface area (Å²) in [6.45, 7) is 5.78. The van der Waals surface area contributed by atoms with Gasteiger partial charge < -0.3 is 20.4 Å². The number of piperazine rings is 1. The number of hydrogen-bond acceptors (Lipinski definition) is 6. The number of aromatic nitrogens is 1. The lowest BCUT2D eigenvalue weighted by Crippen LogP contribution is -2.54. The van der Waals surface area contributed by atoms with E-state index >= 15 is 13.2 Å². The normalized spacial score (nSPS) is 17.7. The van der Waals surface area contributed by atoms with E-state index in [1.807, 2.05) is 7.05 Å². The van der Waals surface area contributed by atoms with Gasteiger partial charge in [-0.2, -0.15) is 8.78 Å². The summed E-state index contributed by atoms with van der Waals surface area (Å²) in [4.78, 5) is 59.7. The first-order valence-electron chi connectivity index (χ1n) is 16.1. The summed E-state index contributed by atoms with van der Waals surface area (Å²) in [7, 11) is 1.97. The van der Waals surface area contributed by atoms with Gasteiger partial charge in [-0.25, -0.2) is 4.39 Å². The minimum atomic E-state index is -3.83. The number of aryl methyl sites for hydroxylation is 1. The molecule has 1 aromatic carbocycles. The van der Waals surface area contributed by atoms with Crippen molar-refractivity contribution in [2.75, 3.05) is 38.5 Å². The Labute approximate surface area is 268 Å². The molecule has 2 fully saturated rings. The summed E-state index contributed by atoms with van der Waals surface area (Å²) in [6.07, 6.45) is 4.30. The molecule has 4 rings (SSSR count). The second-order valence-electron chi connectivity index (χ2n) is 12.5. The van der Waals surface area contributed by atoms with E-state index in [0.717, 1.165) is 31.5 Å². The second-order valence-corrected chi connectivity index (χ2v) is 12.5. The molecule has 46 heavy (non-hydrogen) atoms. The maximum absolute atomic E-state index is 15.4. The third-order valence-corrected chi connectivity index (χ3v) is 9.09. The number of nitrogens with zero attached hydrogens (tertiary/aromatic N) is 3. The lowest BCUT2D eigenvalue weighted by Gasteiger charge is -2.34. The molecule has 1 saturated heterocycles. The van der Waals surface area contributed by atoms with E-state index in [1.165, 1.54) is 18.2 Å². The van der Waals surface area contributed by atoms with Gasteiger partial charge in [-0.1, -0.05) is 32.3 Å². The topological polar surface area (TPSA) is 112 Å². The number of benzene rings is 1. The van der Waals surface area contributed by atoms with Crippen molar-refractivity contribution in [3.8, 4) is 0 Å². The van der Waals surface area contributed by atoms with E-state index in [0.29, 0.717) is 50.3 Å². The Morgan fingerprint density at radius 3 is 2.33 bits per heavy atom. The van der Waals surface area contributed by atoms with Gasteiger partial charge in [0.25, 0.3) is 0 Å². The van der Waals surface area contributed by atoms with Gasteiger partial charge in [0.2, 0.25) is 23.5 Å². The van der Waals surface area contributed by atoms with Crippen molar-refractivity contribution in [2.24, 2.45) is 11.8 Å². The number of anilines is 1. The molecule has 250 valence electrons. The first-order valence-corrected chi connectivity index (χ1v) is 16.1. The molecule has 1 saturated carbocycles. The van der Waals surface area contributed by atoms with Gasteiger partial charge in [-0.05, 0) is 62.6 Å². The summed E-state index contributed by atoms with van der Waals surface area (Å²) in [5, 5.41) is 5.29. The fourth-order valence-electron chi connectivity index (χ4n) is 6.14. The molecule has 2 atom stereocenters. The van der Waals surface area contributed by atoms with E-state index in [4.69, 9.17) is 0 Å². The average Bonchev–Trinajstić information content (AvgIpc) is 3.04. The number of amides is 3. The number of nitrogens with one attached hydrogen (secondary N) is 2. The Bertz CT molecular complexity index is 1390. The monoisotopic (exact) mass is 643 g/mol. The van der Waals surface area contributed by atoms with Gasteiger partial charge in [0.05, 0.1) is 5.69 Å². The van der Waals surface area contributed by atoms with Gasteiger partial charge in [-0.15, -0.1) is 0 Å². The van der Waals surface area contributed by atoms with Crippen molar-refractivity contribution >= 4 is 29.2 Å². The quantitative estimate of drug-likeness (QED) is 0.349. The Hall–Kier alpha value is -3.80. The molecular weight excluding hydrogens is 599 g/mol. The van der Waals surface area contributed by atoms with Crippen molar-refractivity contribution in [1.29, 1.82) is 0 Å². The molecule has 1 aliphatic carbocycles. The second kappa shape index (κ2) is 15.7. The maximum atomic E-state index is 15.4. The zero-order valence-corrected chi connectivity index (χ0v) is 26.8. The van der Waals surface area contributed by atoms with Crippen LogP contribution in [0.2, 0.25) is 0 Å². The summed E-state index contributed by atoms with van der Waals surface area (Å²) >= 11 is 0.